The number of nitrogens with two attached hydrogens (primary N) is 1. The van der Waals surface area contributed by atoms with E-state index in [0.717, 1.165) is 11.0 Å². The third-order valence-corrected chi connectivity index (χ3v) is 5.24. The van der Waals surface area contributed by atoms with Gasteiger partial charge in [0, 0.05) is 4.90 Å². The number of para-hydroxylation sites is 1. The summed E-state index contributed by atoms with van der Waals surface area (Å²) < 4.78 is 27.6. The average molecular weight is 415 g/mol. The maximum absolute atomic E-state index is 12.1. The smallest absolute Gasteiger partial charge is 0.340 e. The van der Waals surface area contributed by atoms with Crippen molar-refractivity contribution in [3.63, 3.8) is 0 Å². The van der Waals surface area contributed by atoms with E-state index < -0.39 is 28.5 Å². The van der Waals surface area contributed by atoms with Gasteiger partial charge in [-0.05, 0) is 36.6 Å². The van der Waals surface area contributed by atoms with Crippen LogP contribution in [0.25, 0.3) is 0 Å². The molecule has 0 atom stereocenters. The van der Waals surface area contributed by atoms with Crippen LogP contribution in [0.2, 0.25) is 5.02 Å². The second-order valence-electron chi connectivity index (χ2n) is 5.01. The van der Waals surface area contributed by atoms with Gasteiger partial charge in [0.25, 0.3) is 5.91 Å². The van der Waals surface area contributed by atoms with Crippen molar-refractivity contribution in [3.8, 4) is 0 Å². The van der Waals surface area contributed by atoms with Gasteiger partial charge in [0.1, 0.15) is 0 Å². The summed E-state index contributed by atoms with van der Waals surface area (Å²) in [6, 6.07) is 10.5. The molecule has 0 fully saturated rings. The van der Waals surface area contributed by atoms with Crippen molar-refractivity contribution in [1.82, 2.24) is 0 Å². The molecule has 7 nitrogen and oxygen atoms in total. The SMILES string of the molecule is CSc1ccccc1NC(=O)COC(=O)c1cc(S(N)(=O)=O)ccc1Cl. The summed E-state index contributed by atoms with van der Waals surface area (Å²) in [7, 11) is -4.00. The third-order valence-electron chi connectivity index (χ3n) is 3.20. The lowest BCUT2D eigenvalue weighted by Gasteiger charge is -2.10. The van der Waals surface area contributed by atoms with Crippen LogP contribution in [0, 0.1) is 0 Å². The molecule has 0 saturated heterocycles. The minimum Gasteiger partial charge on any atom is -0.452 e. The van der Waals surface area contributed by atoms with E-state index in [1.807, 2.05) is 18.4 Å². The van der Waals surface area contributed by atoms with Crippen molar-refractivity contribution in [2.24, 2.45) is 5.14 Å². The number of ether oxygens (including phenoxy) is 1. The molecule has 2 rings (SSSR count). The van der Waals surface area contributed by atoms with Gasteiger partial charge < -0.3 is 10.1 Å². The number of benzene rings is 2. The lowest BCUT2D eigenvalue weighted by atomic mass is 10.2. The van der Waals surface area contributed by atoms with Crippen LogP contribution >= 0.6 is 23.4 Å². The maximum atomic E-state index is 12.1. The maximum Gasteiger partial charge on any atom is 0.340 e. The highest BCUT2D eigenvalue weighted by Gasteiger charge is 2.18. The van der Waals surface area contributed by atoms with E-state index in [9.17, 15) is 18.0 Å². The molecule has 1 amide bonds. The van der Waals surface area contributed by atoms with E-state index in [1.165, 1.54) is 23.9 Å². The first-order chi connectivity index (χ1) is 12.2. The standard InChI is InChI=1S/C16H15ClN2O5S2/c1-25-14-5-3-2-4-13(14)19-15(20)9-24-16(21)11-8-10(26(18,22)23)6-7-12(11)17/h2-8H,9H2,1H3,(H,19,20)(H2,18,22,23). The molecule has 10 heteroatoms. The van der Waals surface area contributed by atoms with Crippen molar-refractivity contribution in [2.75, 3.05) is 18.2 Å². The third kappa shape index (κ3) is 5.21. The molecular weight excluding hydrogens is 400 g/mol. The van der Waals surface area contributed by atoms with Gasteiger partial charge in [-0.1, -0.05) is 23.7 Å². The topological polar surface area (TPSA) is 116 Å². The summed E-state index contributed by atoms with van der Waals surface area (Å²) in [6.07, 6.45) is 1.87. The van der Waals surface area contributed by atoms with Gasteiger partial charge >= 0.3 is 5.97 Å². The molecule has 2 aromatic rings. The first kappa shape index (κ1) is 20.2. The number of hydrogen-bond acceptors (Lipinski definition) is 6. The van der Waals surface area contributed by atoms with Gasteiger partial charge in [0.15, 0.2) is 6.61 Å². The average Bonchev–Trinajstić information content (AvgIpc) is 2.59. The Morgan fingerprint density at radius 2 is 1.92 bits per heavy atom. The Morgan fingerprint density at radius 1 is 1.23 bits per heavy atom. The van der Waals surface area contributed by atoms with E-state index in [4.69, 9.17) is 21.5 Å². The zero-order chi connectivity index (χ0) is 19.3. The Bertz CT molecular complexity index is 947. The number of sulfonamides is 1. The lowest BCUT2D eigenvalue weighted by molar-refractivity contribution is -0.119. The first-order valence-corrected chi connectivity index (χ1v) is 10.3. The highest BCUT2D eigenvalue weighted by molar-refractivity contribution is 7.98. The fourth-order valence-electron chi connectivity index (χ4n) is 1.98. The monoisotopic (exact) mass is 414 g/mol. The van der Waals surface area contributed by atoms with Gasteiger partial charge in [-0.2, -0.15) is 0 Å². The van der Waals surface area contributed by atoms with Crippen molar-refractivity contribution in [2.45, 2.75) is 9.79 Å². The molecule has 0 spiro atoms. The molecule has 2 aromatic carbocycles. The van der Waals surface area contributed by atoms with Crippen LogP contribution in [-0.4, -0.2) is 33.2 Å². The van der Waals surface area contributed by atoms with Gasteiger partial charge in [0.05, 0.1) is 21.2 Å². The van der Waals surface area contributed by atoms with E-state index >= 15 is 0 Å². The number of nitrogens with one attached hydrogen (secondary N) is 1. The molecule has 3 N–H and O–H groups in total. The number of hydrogen-bond donors (Lipinski definition) is 2. The second kappa shape index (κ2) is 8.54. The molecular formula is C16H15ClN2O5S2. The quantitative estimate of drug-likeness (QED) is 0.554. The fourth-order valence-corrected chi connectivity index (χ4v) is 3.27. The first-order valence-electron chi connectivity index (χ1n) is 7.14. The number of rotatable bonds is 6. The van der Waals surface area contributed by atoms with Crippen LogP contribution < -0.4 is 10.5 Å². The fraction of sp³-hybridized carbons (Fsp3) is 0.125. The number of amides is 1. The van der Waals surface area contributed by atoms with Crippen LogP contribution in [0.1, 0.15) is 10.4 Å². The Labute approximate surface area is 159 Å². The molecule has 0 aromatic heterocycles. The van der Waals surface area contributed by atoms with Crippen LogP contribution in [0.5, 0.6) is 0 Å². The Hall–Kier alpha value is -2.07. The largest absolute Gasteiger partial charge is 0.452 e. The summed E-state index contributed by atoms with van der Waals surface area (Å²) in [4.78, 5) is 24.7. The molecule has 0 aliphatic carbocycles. The van der Waals surface area contributed by atoms with Crippen molar-refractivity contribution < 1.29 is 22.7 Å². The minimum atomic E-state index is -4.00. The van der Waals surface area contributed by atoms with E-state index in [-0.39, 0.29) is 15.5 Å². The van der Waals surface area contributed by atoms with E-state index in [0.29, 0.717) is 5.69 Å². The van der Waals surface area contributed by atoms with Crippen LogP contribution in [-0.2, 0) is 19.6 Å². The summed E-state index contributed by atoms with van der Waals surface area (Å²) in [6.45, 7) is -0.558. The summed E-state index contributed by atoms with van der Waals surface area (Å²) in [5.41, 5.74) is 0.394. The highest BCUT2D eigenvalue weighted by atomic mass is 35.5. The van der Waals surface area contributed by atoms with Crippen molar-refractivity contribution >= 4 is 50.9 Å². The normalized spacial score (nSPS) is 11.0. The summed E-state index contributed by atoms with van der Waals surface area (Å²) in [5.74, 6) is -1.48. The number of carbonyl (C=O) groups is 2. The highest BCUT2D eigenvalue weighted by Crippen LogP contribution is 2.24. The molecule has 0 heterocycles. The molecule has 0 saturated carbocycles. The van der Waals surface area contributed by atoms with Crippen LogP contribution in [0.4, 0.5) is 5.69 Å². The molecule has 0 radical (unpaired) electrons. The molecule has 0 aliphatic rings. The number of halogens is 1. The van der Waals surface area contributed by atoms with Gasteiger partial charge in [-0.15, -0.1) is 11.8 Å². The predicted octanol–water partition coefficient (Wildman–Crippen LogP) is 2.50. The molecule has 0 bridgehead atoms. The summed E-state index contributed by atoms with van der Waals surface area (Å²) in [5, 5.41) is 7.64. The van der Waals surface area contributed by atoms with Gasteiger partial charge in [-0.3, -0.25) is 4.79 Å². The second-order valence-corrected chi connectivity index (χ2v) is 7.83. The van der Waals surface area contributed by atoms with Gasteiger partial charge in [-0.25, -0.2) is 18.4 Å². The predicted molar refractivity (Wildman–Crippen MR) is 100.0 cm³/mol. The Morgan fingerprint density at radius 3 is 2.58 bits per heavy atom. The number of esters is 1. The molecule has 26 heavy (non-hydrogen) atoms. The number of anilines is 1. The van der Waals surface area contributed by atoms with E-state index in [2.05, 4.69) is 5.32 Å². The van der Waals surface area contributed by atoms with Crippen LogP contribution in [0.3, 0.4) is 0 Å². The minimum absolute atomic E-state index is 0.0180. The molecule has 0 unspecified atom stereocenters. The Kier molecular flexibility index (Phi) is 6.65. The lowest BCUT2D eigenvalue weighted by Crippen LogP contribution is -2.21. The van der Waals surface area contributed by atoms with Gasteiger partial charge in [0.2, 0.25) is 10.0 Å². The van der Waals surface area contributed by atoms with Crippen LogP contribution in [0.15, 0.2) is 52.3 Å². The number of carbonyl (C=O) groups excluding carboxylic acids is 2. The summed E-state index contributed by atoms with van der Waals surface area (Å²) >= 11 is 7.34. The number of thioether (sulfide) groups is 1. The number of primary sulfonamides is 1. The zero-order valence-corrected chi connectivity index (χ0v) is 16.0. The van der Waals surface area contributed by atoms with E-state index in [1.54, 1.807) is 12.1 Å². The molecule has 138 valence electrons. The zero-order valence-electron chi connectivity index (χ0n) is 13.6. The molecule has 0 aliphatic heterocycles. The Balaban J connectivity index is 2.06. The van der Waals surface area contributed by atoms with Crippen molar-refractivity contribution in [1.29, 1.82) is 0 Å². The van der Waals surface area contributed by atoms with Crippen molar-refractivity contribution in [3.05, 3.63) is 53.1 Å².